The summed E-state index contributed by atoms with van der Waals surface area (Å²) in [5, 5.41) is 23.1. The molecule has 0 aliphatic heterocycles. The topological polar surface area (TPSA) is 40.5 Å². The zero-order valence-corrected chi connectivity index (χ0v) is 23.3. The summed E-state index contributed by atoms with van der Waals surface area (Å²) in [5.74, 6) is 3.22. The minimum Gasteiger partial charge on any atom is -0.507 e. The van der Waals surface area contributed by atoms with Gasteiger partial charge in [0, 0.05) is 5.41 Å². The zero-order chi connectivity index (χ0) is 25.6. The van der Waals surface area contributed by atoms with Gasteiger partial charge >= 0.3 is 0 Å². The Labute approximate surface area is 224 Å². The van der Waals surface area contributed by atoms with E-state index < -0.39 is 0 Å². The lowest BCUT2D eigenvalue weighted by Crippen LogP contribution is -2.21. The Hall–Kier alpha value is -1.96. The largest absolute Gasteiger partial charge is 0.507 e. The van der Waals surface area contributed by atoms with Crippen LogP contribution in [0.4, 0.5) is 0 Å². The van der Waals surface area contributed by atoms with E-state index in [1.165, 1.54) is 136 Å². The zero-order valence-electron chi connectivity index (χ0n) is 23.3. The van der Waals surface area contributed by atoms with Gasteiger partial charge in [-0.15, -0.1) is 0 Å². The van der Waals surface area contributed by atoms with Gasteiger partial charge in [-0.25, -0.2) is 0 Å². The number of benzene rings is 2. The highest BCUT2D eigenvalue weighted by molar-refractivity contribution is 5.55. The maximum atomic E-state index is 11.5. The molecule has 0 bridgehead atoms. The fraction of sp³-hybridized carbons (Fsp3) is 0.657. The molecule has 4 aliphatic carbocycles. The SMILES string of the molecule is CC(C)(c1cc(C2CCCC2)c(O)c(C2CCCC2)c1)c1cc(C2CCCC2)c(O)c(C2CCCC2)c1. The van der Waals surface area contributed by atoms with Gasteiger partial charge in [-0.3, -0.25) is 0 Å². The second-order valence-corrected chi connectivity index (χ2v) is 13.6. The molecule has 0 aromatic heterocycles. The van der Waals surface area contributed by atoms with Gasteiger partial charge in [0.1, 0.15) is 11.5 Å². The first kappa shape index (κ1) is 25.3. The third kappa shape index (κ3) is 4.72. The molecule has 2 N–H and O–H groups in total. The van der Waals surface area contributed by atoms with Crippen molar-refractivity contribution in [3.8, 4) is 11.5 Å². The molecule has 4 aliphatic rings. The van der Waals surface area contributed by atoms with Gasteiger partial charge in [-0.2, -0.15) is 0 Å². The van der Waals surface area contributed by atoms with Crippen molar-refractivity contribution in [2.75, 3.05) is 0 Å². The van der Waals surface area contributed by atoms with E-state index >= 15 is 0 Å². The van der Waals surface area contributed by atoms with Crippen molar-refractivity contribution in [2.24, 2.45) is 0 Å². The highest BCUT2D eigenvalue weighted by atomic mass is 16.3. The predicted molar refractivity (Wildman–Crippen MR) is 153 cm³/mol. The quantitative estimate of drug-likeness (QED) is 0.414. The van der Waals surface area contributed by atoms with Gasteiger partial charge in [0.25, 0.3) is 0 Å². The molecule has 0 heterocycles. The monoisotopic (exact) mass is 500 g/mol. The summed E-state index contributed by atoms with van der Waals surface area (Å²) in [6.07, 6.45) is 19.9. The number of aromatic hydroxyl groups is 2. The Kier molecular flexibility index (Phi) is 7.06. The van der Waals surface area contributed by atoms with Crippen molar-refractivity contribution >= 4 is 0 Å². The van der Waals surface area contributed by atoms with Crippen LogP contribution in [0.15, 0.2) is 24.3 Å². The Morgan fingerprint density at radius 2 is 0.676 bits per heavy atom. The van der Waals surface area contributed by atoms with Crippen LogP contribution in [0.25, 0.3) is 0 Å². The van der Waals surface area contributed by atoms with Crippen molar-refractivity contribution in [1.82, 2.24) is 0 Å². The van der Waals surface area contributed by atoms with Crippen molar-refractivity contribution in [3.05, 3.63) is 57.6 Å². The maximum absolute atomic E-state index is 11.5. The number of rotatable bonds is 6. The van der Waals surface area contributed by atoms with Crippen LogP contribution in [0.2, 0.25) is 0 Å². The molecule has 0 spiro atoms. The number of phenols is 2. The first-order valence-electron chi connectivity index (χ1n) is 15.7. The molecule has 0 atom stereocenters. The van der Waals surface area contributed by atoms with E-state index in [0.29, 0.717) is 35.2 Å². The molecule has 37 heavy (non-hydrogen) atoms. The first-order chi connectivity index (χ1) is 17.9. The molecule has 2 aromatic rings. The average molecular weight is 501 g/mol. The van der Waals surface area contributed by atoms with Gasteiger partial charge in [0.15, 0.2) is 0 Å². The molecule has 4 saturated carbocycles. The van der Waals surface area contributed by atoms with Crippen molar-refractivity contribution in [1.29, 1.82) is 0 Å². The summed E-state index contributed by atoms with van der Waals surface area (Å²) in [6, 6.07) is 9.50. The van der Waals surface area contributed by atoms with Crippen LogP contribution in [0.1, 0.15) is 174 Å². The Morgan fingerprint density at radius 1 is 0.459 bits per heavy atom. The van der Waals surface area contributed by atoms with E-state index in [2.05, 4.69) is 38.1 Å². The second-order valence-electron chi connectivity index (χ2n) is 13.6. The van der Waals surface area contributed by atoms with E-state index in [4.69, 9.17) is 0 Å². The normalized spacial score (nSPS) is 22.5. The van der Waals surface area contributed by atoms with Gasteiger partial charge < -0.3 is 10.2 Å². The molecule has 0 amide bonds. The van der Waals surface area contributed by atoms with E-state index in [1.807, 2.05) is 0 Å². The van der Waals surface area contributed by atoms with Gasteiger partial charge in [-0.05, 0) is 108 Å². The lowest BCUT2D eigenvalue weighted by Gasteiger charge is -2.32. The van der Waals surface area contributed by atoms with Crippen LogP contribution in [-0.2, 0) is 5.41 Å². The van der Waals surface area contributed by atoms with E-state index in [0.717, 1.165) is 0 Å². The maximum Gasteiger partial charge on any atom is 0.122 e. The van der Waals surface area contributed by atoms with Crippen LogP contribution in [0.5, 0.6) is 11.5 Å². The van der Waals surface area contributed by atoms with Crippen LogP contribution in [0.3, 0.4) is 0 Å². The third-order valence-electron chi connectivity index (χ3n) is 11.0. The van der Waals surface area contributed by atoms with Crippen molar-refractivity contribution in [3.63, 3.8) is 0 Å². The fourth-order valence-corrected chi connectivity index (χ4v) is 8.44. The average Bonchev–Trinajstić information content (AvgIpc) is 3.72. The van der Waals surface area contributed by atoms with Crippen LogP contribution >= 0.6 is 0 Å². The molecular formula is C35H48O2. The Morgan fingerprint density at radius 3 is 0.892 bits per heavy atom. The van der Waals surface area contributed by atoms with E-state index in [9.17, 15) is 10.2 Å². The molecule has 4 fully saturated rings. The van der Waals surface area contributed by atoms with Gasteiger partial charge in [0.2, 0.25) is 0 Å². The third-order valence-corrected chi connectivity index (χ3v) is 11.0. The molecule has 2 heteroatoms. The highest BCUT2D eigenvalue weighted by Gasteiger charge is 2.34. The lowest BCUT2D eigenvalue weighted by atomic mass is 9.73. The summed E-state index contributed by atoms with van der Waals surface area (Å²) < 4.78 is 0. The molecule has 2 nitrogen and oxygen atoms in total. The Balaban J connectivity index is 1.48. The Bertz CT molecular complexity index is 943. The lowest BCUT2D eigenvalue weighted by molar-refractivity contribution is 0.444. The number of hydrogen-bond acceptors (Lipinski definition) is 2. The molecule has 2 aromatic carbocycles. The second kappa shape index (κ2) is 10.3. The minimum absolute atomic E-state index is 0.178. The van der Waals surface area contributed by atoms with Crippen LogP contribution in [0, 0.1) is 0 Å². The summed E-state index contributed by atoms with van der Waals surface area (Å²) >= 11 is 0. The standard InChI is InChI=1S/C35H48O2/c1-35(2,27-19-29(23-11-3-4-12-23)33(36)30(20-27)24-13-5-6-14-24)28-21-31(25-15-7-8-16-25)34(37)32(22-28)26-17-9-10-18-26/h19-26,36-37H,3-18H2,1-2H3. The van der Waals surface area contributed by atoms with E-state index in [-0.39, 0.29) is 5.41 Å². The van der Waals surface area contributed by atoms with Crippen LogP contribution < -0.4 is 0 Å². The summed E-state index contributed by atoms with van der Waals surface area (Å²) in [6.45, 7) is 4.78. The van der Waals surface area contributed by atoms with Crippen LogP contribution in [-0.4, -0.2) is 10.2 Å². The fourth-order valence-electron chi connectivity index (χ4n) is 8.44. The minimum atomic E-state index is -0.178. The molecule has 0 unspecified atom stereocenters. The summed E-state index contributed by atoms with van der Waals surface area (Å²) in [5.41, 5.74) is 7.41. The highest BCUT2D eigenvalue weighted by Crippen LogP contribution is 2.50. The summed E-state index contributed by atoms with van der Waals surface area (Å²) in [4.78, 5) is 0. The molecular weight excluding hydrogens is 452 g/mol. The molecule has 0 radical (unpaired) electrons. The first-order valence-corrected chi connectivity index (χ1v) is 15.7. The predicted octanol–water partition coefficient (Wildman–Crippen LogP) is 10.1. The van der Waals surface area contributed by atoms with Gasteiger partial charge in [0.05, 0.1) is 0 Å². The van der Waals surface area contributed by atoms with Crippen molar-refractivity contribution < 1.29 is 10.2 Å². The molecule has 0 saturated heterocycles. The molecule has 6 rings (SSSR count). The summed E-state index contributed by atoms with van der Waals surface area (Å²) in [7, 11) is 0. The molecule has 200 valence electrons. The number of phenolic OH excluding ortho intramolecular Hbond substituents is 2. The van der Waals surface area contributed by atoms with E-state index in [1.54, 1.807) is 0 Å². The van der Waals surface area contributed by atoms with Crippen molar-refractivity contribution in [2.45, 2.75) is 146 Å². The number of hydrogen-bond donors (Lipinski definition) is 2. The smallest absolute Gasteiger partial charge is 0.122 e. The van der Waals surface area contributed by atoms with Gasteiger partial charge in [-0.1, -0.05) is 89.5 Å².